The van der Waals surface area contributed by atoms with Crippen LogP contribution in [0.4, 0.5) is 18.9 Å². The highest BCUT2D eigenvalue weighted by molar-refractivity contribution is 6.07. The van der Waals surface area contributed by atoms with Gasteiger partial charge in [-0.3, -0.25) is 0 Å². The number of halogens is 3. The van der Waals surface area contributed by atoms with E-state index in [9.17, 15) is 18.0 Å². The van der Waals surface area contributed by atoms with Gasteiger partial charge in [-0.25, -0.2) is 4.79 Å². The van der Waals surface area contributed by atoms with Crippen molar-refractivity contribution in [1.82, 2.24) is 0 Å². The van der Waals surface area contributed by atoms with Crippen LogP contribution in [0, 0.1) is 6.92 Å². The SMILES string of the molecule is CCN(c1cc2oc(C(F)(F)F)cc2c(C(=O)OC)c1C)C1CCOCC1. The summed E-state index contributed by atoms with van der Waals surface area (Å²) in [6, 6.07) is 2.64. The first kappa shape index (κ1) is 19.5. The third-order valence-electron chi connectivity index (χ3n) is 5.01. The van der Waals surface area contributed by atoms with Crippen LogP contribution in [0.2, 0.25) is 0 Å². The number of esters is 1. The third kappa shape index (κ3) is 3.63. The molecule has 3 rings (SSSR count). The Kier molecular flexibility index (Phi) is 5.37. The van der Waals surface area contributed by atoms with Crippen LogP contribution in [-0.2, 0) is 15.7 Å². The van der Waals surface area contributed by atoms with Gasteiger partial charge in [0.2, 0.25) is 5.76 Å². The highest BCUT2D eigenvalue weighted by Gasteiger charge is 2.36. The maximum absolute atomic E-state index is 13.1. The summed E-state index contributed by atoms with van der Waals surface area (Å²) in [5, 5.41) is 0.110. The van der Waals surface area contributed by atoms with Crippen molar-refractivity contribution in [1.29, 1.82) is 0 Å². The molecule has 0 aliphatic carbocycles. The summed E-state index contributed by atoms with van der Waals surface area (Å²) < 4.78 is 54.7. The number of rotatable bonds is 4. The number of nitrogens with zero attached hydrogens (tertiary/aromatic N) is 1. The van der Waals surface area contributed by atoms with Crippen molar-refractivity contribution in [3.8, 4) is 0 Å². The first-order valence-corrected chi connectivity index (χ1v) is 8.85. The fourth-order valence-corrected chi connectivity index (χ4v) is 3.70. The van der Waals surface area contributed by atoms with E-state index in [0.29, 0.717) is 31.0 Å². The molecule has 0 saturated carbocycles. The number of hydrogen-bond donors (Lipinski definition) is 0. The molecule has 2 aromatic rings. The molecule has 5 nitrogen and oxygen atoms in total. The summed E-state index contributed by atoms with van der Waals surface area (Å²) in [4.78, 5) is 14.5. The van der Waals surface area contributed by atoms with Gasteiger partial charge in [0.1, 0.15) is 5.58 Å². The lowest BCUT2D eigenvalue weighted by atomic mass is 9.98. The molecular formula is C19H22F3NO4. The Morgan fingerprint density at radius 3 is 2.52 bits per heavy atom. The Morgan fingerprint density at radius 1 is 1.30 bits per heavy atom. The van der Waals surface area contributed by atoms with Gasteiger partial charge in [0.15, 0.2) is 0 Å². The number of benzene rings is 1. The van der Waals surface area contributed by atoms with Crippen molar-refractivity contribution in [3.05, 3.63) is 29.0 Å². The molecular weight excluding hydrogens is 363 g/mol. The molecule has 8 heteroatoms. The van der Waals surface area contributed by atoms with E-state index in [4.69, 9.17) is 13.9 Å². The summed E-state index contributed by atoms with van der Waals surface area (Å²) in [5.41, 5.74) is 1.39. The maximum Gasteiger partial charge on any atom is 0.449 e. The summed E-state index contributed by atoms with van der Waals surface area (Å²) in [6.07, 6.45) is -3.01. The molecule has 1 aliphatic heterocycles. The van der Waals surface area contributed by atoms with Crippen LogP contribution in [0.25, 0.3) is 11.0 Å². The monoisotopic (exact) mass is 385 g/mol. The van der Waals surface area contributed by atoms with Gasteiger partial charge in [-0.1, -0.05) is 0 Å². The zero-order valence-electron chi connectivity index (χ0n) is 15.5. The van der Waals surface area contributed by atoms with E-state index < -0.39 is 17.9 Å². The molecule has 0 unspecified atom stereocenters. The van der Waals surface area contributed by atoms with Gasteiger partial charge in [0.25, 0.3) is 0 Å². The summed E-state index contributed by atoms with van der Waals surface area (Å²) in [7, 11) is 1.21. The number of fused-ring (bicyclic) bond motifs is 1. The predicted molar refractivity (Wildman–Crippen MR) is 94.2 cm³/mol. The number of alkyl halides is 3. The average molecular weight is 385 g/mol. The lowest BCUT2D eigenvalue weighted by molar-refractivity contribution is -0.152. The van der Waals surface area contributed by atoms with E-state index >= 15 is 0 Å². The van der Waals surface area contributed by atoms with E-state index in [1.165, 1.54) is 7.11 Å². The second kappa shape index (κ2) is 7.42. The van der Waals surface area contributed by atoms with Crippen molar-refractivity contribution in [2.24, 2.45) is 0 Å². The van der Waals surface area contributed by atoms with Crippen LogP contribution in [-0.4, -0.2) is 38.9 Å². The number of hydrogen-bond acceptors (Lipinski definition) is 5. The standard InChI is InChI=1S/C19H22F3NO4/c1-4-23(12-5-7-26-8-6-12)14-10-15-13(9-16(27-15)19(20,21)22)17(11(14)2)18(24)25-3/h9-10,12H,4-8H2,1-3H3. The molecule has 1 aliphatic rings. The minimum absolute atomic E-state index is 0.0221. The largest absolute Gasteiger partial charge is 0.465 e. The number of carbonyl (C=O) groups excluding carboxylic acids is 1. The second-order valence-electron chi connectivity index (χ2n) is 6.54. The van der Waals surface area contributed by atoms with Crippen molar-refractivity contribution < 1.29 is 31.9 Å². The quantitative estimate of drug-likeness (QED) is 0.723. The molecule has 1 saturated heterocycles. The van der Waals surface area contributed by atoms with E-state index in [2.05, 4.69) is 4.90 Å². The fraction of sp³-hybridized carbons (Fsp3) is 0.526. The van der Waals surface area contributed by atoms with Gasteiger partial charge < -0.3 is 18.8 Å². The Balaban J connectivity index is 2.20. The van der Waals surface area contributed by atoms with Crippen LogP contribution < -0.4 is 4.90 Å². The Bertz CT molecular complexity index is 838. The molecule has 1 fully saturated rings. The van der Waals surface area contributed by atoms with Crippen molar-refractivity contribution in [2.45, 2.75) is 38.9 Å². The molecule has 0 bridgehead atoms. The first-order chi connectivity index (χ1) is 12.8. The third-order valence-corrected chi connectivity index (χ3v) is 5.01. The zero-order chi connectivity index (χ0) is 19.8. The number of methoxy groups -OCH3 is 1. The van der Waals surface area contributed by atoms with Gasteiger partial charge in [-0.2, -0.15) is 13.2 Å². The number of anilines is 1. The number of carbonyl (C=O) groups is 1. The van der Waals surface area contributed by atoms with Gasteiger partial charge in [-0.15, -0.1) is 0 Å². The van der Waals surface area contributed by atoms with Gasteiger partial charge in [0, 0.05) is 42.9 Å². The lowest BCUT2D eigenvalue weighted by Crippen LogP contribution is -2.40. The molecule has 0 N–H and O–H groups in total. The highest BCUT2D eigenvalue weighted by atomic mass is 19.4. The topological polar surface area (TPSA) is 51.9 Å². The molecule has 0 radical (unpaired) electrons. The summed E-state index contributed by atoms with van der Waals surface area (Å²) >= 11 is 0. The van der Waals surface area contributed by atoms with E-state index in [-0.39, 0.29) is 22.6 Å². The molecule has 27 heavy (non-hydrogen) atoms. The lowest BCUT2D eigenvalue weighted by Gasteiger charge is -2.36. The highest BCUT2D eigenvalue weighted by Crippen LogP contribution is 2.39. The Labute approximate surface area is 155 Å². The Morgan fingerprint density at radius 2 is 1.96 bits per heavy atom. The minimum atomic E-state index is -4.63. The second-order valence-corrected chi connectivity index (χ2v) is 6.54. The average Bonchev–Trinajstić information content (AvgIpc) is 3.07. The molecule has 1 aromatic heterocycles. The summed E-state index contributed by atoms with van der Waals surface area (Å²) in [6.45, 7) is 5.60. The molecule has 148 valence electrons. The van der Waals surface area contributed by atoms with Gasteiger partial charge >= 0.3 is 12.1 Å². The molecule has 1 aromatic carbocycles. The van der Waals surface area contributed by atoms with E-state index in [1.807, 2.05) is 6.92 Å². The van der Waals surface area contributed by atoms with Gasteiger partial charge in [-0.05, 0) is 38.3 Å². The van der Waals surface area contributed by atoms with Crippen LogP contribution >= 0.6 is 0 Å². The van der Waals surface area contributed by atoms with Crippen molar-refractivity contribution >= 4 is 22.6 Å². The smallest absolute Gasteiger partial charge is 0.449 e. The van der Waals surface area contributed by atoms with Crippen molar-refractivity contribution in [2.75, 3.05) is 31.8 Å². The maximum atomic E-state index is 13.1. The normalized spacial score (nSPS) is 15.9. The van der Waals surface area contributed by atoms with Crippen molar-refractivity contribution in [3.63, 3.8) is 0 Å². The van der Waals surface area contributed by atoms with Gasteiger partial charge in [0.05, 0.1) is 12.7 Å². The van der Waals surface area contributed by atoms with Crippen LogP contribution in [0.5, 0.6) is 0 Å². The van der Waals surface area contributed by atoms with Crippen LogP contribution in [0.3, 0.4) is 0 Å². The number of ether oxygens (including phenoxy) is 2. The molecule has 0 amide bonds. The minimum Gasteiger partial charge on any atom is -0.465 e. The van der Waals surface area contributed by atoms with E-state index in [0.717, 1.165) is 18.9 Å². The zero-order valence-corrected chi connectivity index (χ0v) is 15.5. The molecule has 0 spiro atoms. The van der Waals surface area contributed by atoms with Crippen LogP contribution in [0.15, 0.2) is 16.5 Å². The first-order valence-electron chi connectivity index (χ1n) is 8.85. The molecule has 2 heterocycles. The van der Waals surface area contributed by atoms with Crippen LogP contribution in [0.1, 0.15) is 41.4 Å². The number of furan rings is 1. The fourth-order valence-electron chi connectivity index (χ4n) is 3.70. The predicted octanol–water partition coefficient (Wildman–Crippen LogP) is 4.55. The summed E-state index contributed by atoms with van der Waals surface area (Å²) in [5.74, 6) is -1.81. The molecule has 0 atom stereocenters. The van der Waals surface area contributed by atoms with E-state index in [1.54, 1.807) is 13.0 Å². The Hall–Kier alpha value is -2.22.